The van der Waals surface area contributed by atoms with E-state index in [9.17, 15) is 9.59 Å². The number of para-hydroxylation sites is 2. The minimum atomic E-state index is -0.104. The van der Waals surface area contributed by atoms with Crippen molar-refractivity contribution < 1.29 is 9.59 Å². The van der Waals surface area contributed by atoms with E-state index in [-0.39, 0.29) is 18.4 Å². The molecule has 136 valence electrons. The maximum absolute atomic E-state index is 13.1. The average molecular weight is 350 g/mol. The summed E-state index contributed by atoms with van der Waals surface area (Å²) in [6, 6.07) is 14.1. The molecule has 26 heavy (non-hydrogen) atoms. The van der Waals surface area contributed by atoms with Crippen molar-refractivity contribution in [1.29, 1.82) is 0 Å². The molecule has 1 heterocycles. The van der Waals surface area contributed by atoms with Gasteiger partial charge >= 0.3 is 0 Å². The Balaban J connectivity index is 1.91. The quantitative estimate of drug-likeness (QED) is 0.839. The summed E-state index contributed by atoms with van der Waals surface area (Å²) in [5, 5.41) is 0. The molecule has 2 aromatic carbocycles. The summed E-state index contributed by atoms with van der Waals surface area (Å²) < 4.78 is 0. The molecular formula is C22H26N2O2. The second-order valence-electron chi connectivity index (χ2n) is 6.82. The number of aryl methyl sites for hydroxylation is 3. The highest BCUT2D eigenvalue weighted by molar-refractivity contribution is 6.04. The van der Waals surface area contributed by atoms with Gasteiger partial charge in [-0.1, -0.05) is 43.3 Å². The molecule has 2 aromatic rings. The van der Waals surface area contributed by atoms with Gasteiger partial charge in [-0.25, -0.2) is 0 Å². The number of hydrogen-bond acceptors (Lipinski definition) is 2. The summed E-state index contributed by atoms with van der Waals surface area (Å²) in [6.07, 6.45) is 2.77. The normalized spacial score (nSPS) is 13.3. The van der Waals surface area contributed by atoms with Gasteiger partial charge in [0.15, 0.2) is 0 Å². The standard InChI is InChI=1S/C22H26N2O2/c1-4-18-11-7-9-16(2)22(18)24(17(3)25)15-21(26)23-14-8-12-19-10-5-6-13-20(19)23/h5-7,9-11,13H,4,8,12,14-15H2,1-3H3. The van der Waals surface area contributed by atoms with Crippen LogP contribution >= 0.6 is 0 Å². The predicted molar refractivity (Wildman–Crippen MR) is 106 cm³/mol. The van der Waals surface area contributed by atoms with Gasteiger partial charge in [-0.05, 0) is 48.9 Å². The molecule has 0 fully saturated rings. The molecule has 4 nitrogen and oxygen atoms in total. The van der Waals surface area contributed by atoms with Gasteiger partial charge in [0.25, 0.3) is 0 Å². The van der Waals surface area contributed by atoms with Crippen LogP contribution in [0.15, 0.2) is 42.5 Å². The molecule has 1 aliphatic rings. The first-order valence-electron chi connectivity index (χ1n) is 9.27. The van der Waals surface area contributed by atoms with Crippen LogP contribution in [0.4, 0.5) is 11.4 Å². The van der Waals surface area contributed by atoms with Gasteiger partial charge in [-0.2, -0.15) is 0 Å². The highest BCUT2D eigenvalue weighted by Crippen LogP contribution is 2.29. The van der Waals surface area contributed by atoms with Crippen molar-refractivity contribution in [3.05, 3.63) is 59.2 Å². The zero-order valence-corrected chi connectivity index (χ0v) is 15.8. The van der Waals surface area contributed by atoms with Crippen LogP contribution < -0.4 is 9.80 Å². The fourth-order valence-corrected chi connectivity index (χ4v) is 3.75. The number of fused-ring (bicyclic) bond motifs is 1. The smallest absolute Gasteiger partial charge is 0.247 e. The Kier molecular flexibility index (Phi) is 5.40. The highest BCUT2D eigenvalue weighted by Gasteiger charge is 2.26. The number of amides is 2. The highest BCUT2D eigenvalue weighted by atomic mass is 16.2. The Morgan fingerprint density at radius 3 is 2.62 bits per heavy atom. The largest absolute Gasteiger partial charge is 0.311 e. The molecule has 0 bridgehead atoms. The summed E-state index contributed by atoms with van der Waals surface area (Å²) >= 11 is 0. The van der Waals surface area contributed by atoms with Gasteiger partial charge in [-0.3, -0.25) is 9.59 Å². The molecule has 0 saturated carbocycles. The van der Waals surface area contributed by atoms with E-state index in [2.05, 4.69) is 13.0 Å². The lowest BCUT2D eigenvalue weighted by Gasteiger charge is -2.32. The van der Waals surface area contributed by atoms with Crippen LogP contribution in [0, 0.1) is 6.92 Å². The van der Waals surface area contributed by atoms with Crippen molar-refractivity contribution in [1.82, 2.24) is 0 Å². The molecule has 0 aliphatic carbocycles. The fourth-order valence-electron chi connectivity index (χ4n) is 3.75. The molecule has 3 rings (SSSR count). The summed E-state index contributed by atoms with van der Waals surface area (Å²) in [5.74, 6) is -0.134. The van der Waals surface area contributed by atoms with Gasteiger partial charge in [-0.15, -0.1) is 0 Å². The summed E-state index contributed by atoms with van der Waals surface area (Å²) in [5.41, 5.74) is 5.17. The topological polar surface area (TPSA) is 40.6 Å². The van der Waals surface area contributed by atoms with Crippen LogP contribution in [0.1, 0.15) is 37.0 Å². The molecule has 2 amide bonds. The van der Waals surface area contributed by atoms with E-state index in [1.807, 2.05) is 48.2 Å². The van der Waals surface area contributed by atoms with Crippen LogP contribution in [0.25, 0.3) is 0 Å². The van der Waals surface area contributed by atoms with E-state index in [1.165, 1.54) is 12.5 Å². The van der Waals surface area contributed by atoms with E-state index in [1.54, 1.807) is 4.90 Å². The molecule has 0 unspecified atom stereocenters. The van der Waals surface area contributed by atoms with Crippen molar-refractivity contribution >= 4 is 23.2 Å². The number of nitrogens with zero attached hydrogens (tertiary/aromatic N) is 2. The van der Waals surface area contributed by atoms with Crippen molar-refractivity contribution in [2.45, 2.75) is 40.0 Å². The lowest BCUT2D eigenvalue weighted by atomic mass is 10.0. The Labute approximate surface area is 155 Å². The minimum Gasteiger partial charge on any atom is -0.311 e. The maximum atomic E-state index is 13.1. The Morgan fingerprint density at radius 2 is 1.88 bits per heavy atom. The minimum absolute atomic E-state index is 0.0299. The second kappa shape index (κ2) is 7.73. The summed E-state index contributed by atoms with van der Waals surface area (Å²) in [7, 11) is 0. The first kappa shape index (κ1) is 18.2. The number of anilines is 2. The molecule has 0 spiro atoms. The van der Waals surface area contributed by atoms with E-state index in [0.29, 0.717) is 6.54 Å². The van der Waals surface area contributed by atoms with E-state index < -0.39 is 0 Å². The first-order valence-corrected chi connectivity index (χ1v) is 9.27. The Bertz CT molecular complexity index is 829. The van der Waals surface area contributed by atoms with E-state index >= 15 is 0 Å². The number of rotatable bonds is 4. The molecule has 0 saturated heterocycles. The molecule has 0 N–H and O–H groups in total. The third kappa shape index (κ3) is 3.50. The van der Waals surface area contributed by atoms with Gasteiger partial charge in [0.05, 0.1) is 5.69 Å². The molecule has 1 aliphatic heterocycles. The predicted octanol–water partition coefficient (Wildman–Crippen LogP) is 3.89. The van der Waals surface area contributed by atoms with Crippen LogP contribution in [-0.4, -0.2) is 24.9 Å². The monoisotopic (exact) mass is 350 g/mol. The average Bonchev–Trinajstić information content (AvgIpc) is 2.65. The van der Waals surface area contributed by atoms with Gasteiger partial charge in [0.2, 0.25) is 11.8 Å². The van der Waals surface area contributed by atoms with Crippen molar-refractivity contribution in [3.63, 3.8) is 0 Å². The van der Waals surface area contributed by atoms with Crippen molar-refractivity contribution in [2.24, 2.45) is 0 Å². The van der Waals surface area contributed by atoms with E-state index in [4.69, 9.17) is 0 Å². The number of hydrogen-bond donors (Lipinski definition) is 0. The maximum Gasteiger partial charge on any atom is 0.247 e. The van der Waals surface area contributed by atoms with Gasteiger partial charge in [0.1, 0.15) is 6.54 Å². The zero-order valence-electron chi connectivity index (χ0n) is 15.8. The molecule has 4 heteroatoms. The SMILES string of the molecule is CCc1cccc(C)c1N(CC(=O)N1CCCc2ccccc21)C(C)=O. The van der Waals surface area contributed by atoms with E-state index in [0.717, 1.165) is 41.8 Å². The third-order valence-corrected chi connectivity index (χ3v) is 5.06. The first-order chi connectivity index (χ1) is 12.5. The molecule has 0 radical (unpaired) electrons. The Hall–Kier alpha value is -2.62. The van der Waals surface area contributed by atoms with Gasteiger partial charge < -0.3 is 9.80 Å². The molecular weight excluding hydrogens is 324 g/mol. The van der Waals surface area contributed by atoms with Crippen molar-refractivity contribution in [3.8, 4) is 0 Å². The zero-order chi connectivity index (χ0) is 18.7. The van der Waals surface area contributed by atoms with Crippen LogP contribution in [0.2, 0.25) is 0 Å². The number of carbonyl (C=O) groups is 2. The lowest BCUT2D eigenvalue weighted by molar-refractivity contribution is -0.121. The van der Waals surface area contributed by atoms with Crippen LogP contribution in [-0.2, 0) is 22.4 Å². The van der Waals surface area contributed by atoms with Gasteiger partial charge in [0, 0.05) is 19.2 Å². The number of benzene rings is 2. The molecule has 0 aromatic heterocycles. The van der Waals surface area contributed by atoms with Crippen molar-refractivity contribution in [2.75, 3.05) is 22.9 Å². The fraction of sp³-hybridized carbons (Fsp3) is 0.364. The second-order valence-corrected chi connectivity index (χ2v) is 6.82. The Morgan fingerprint density at radius 1 is 1.12 bits per heavy atom. The molecule has 0 atom stereocenters. The summed E-state index contributed by atoms with van der Waals surface area (Å²) in [4.78, 5) is 28.9. The number of carbonyl (C=O) groups excluding carboxylic acids is 2. The van der Waals surface area contributed by atoms with Crippen LogP contribution in [0.5, 0.6) is 0 Å². The summed E-state index contributed by atoms with van der Waals surface area (Å²) in [6.45, 7) is 6.37. The lowest BCUT2D eigenvalue weighted by Crippen LogP contribution is -2.44. The van der Waals surface area contributed by atoms with Crippen LogP contribution in [0.3, 0.4) is 0 Å². The third-order valence-electron chi connectivity index (χ3n) is 5.06.